The van der Waals surface area contributed by atoms with Gasteiger partial charge in [0.2, 0.25) is 0 Å². The Bertz CT molecular complexity index is 613. The summed E-state index contributed by atoms with van der Waals surface area (Å²) in [4.78, 5) is 4.25. The number of benzene rings is 1. The molecule has 0 unspecified atom stereocenters. The van der Waals surface area contributed by atoms with Gasteiger partial charge in [-0.1, -0.05) is 0 Å². The van der Waals surface area contributed by atoms with Crippen LogP contribution in [0.5, 0.6) is 5.75 Å². The first-order valence-corrected chi connectivity index (χ1v) is 6.63. The van der Waals surface area contributed by atoms with E-state index in [9.17, 15) is 4.39 Å². The average molecular weight is 295 g/mol. The maximum atomic E-state index is 12.4. The molecule has 1 aromatic heterocycles. The largest absolute Gasteiger partial charge is 0.489 e. The van der Waals surface area contributed by atoms with E-state index in [1.54, 1.807) is 18.2 Å². The van der Waals surface area contributed by atoms with Crippen molar-refractivity contribution in [2.45, 2.75) is 6.42 Å². The van der Waals surface area contributed by atoms with Gasteiger partial charge in [0.15, 0.2) is 5.58 Å². The zero-order valence-corrected chi connectivity index (χ0v) is 11.5. The van der Waals surface area contributed by atoms with Gasteiger partial charge in [0.05, 0.1) is 6.33 Å². The number of ether oxygens (including phenoxy) is 1. The molecule has 0 aliphatic rings. The number of nitrogens with two attached hydrogens (primary N) is 1. The van der Waals surface area contributed by atoms with Crippen LogP contribution in [0, 0.1) is 0 Å². The summed E-state index contributed by atoms with van der Waals surface area (Å²) in [6, 6.07) is 5.56. The molecule has 0 saturated carbocycles. The number of aliphatic hydroxyl groups excluding tert-OH is 1. The summed E-state index contributed by atoms with van der Waals surface area (Å²) in [7, 11) is 0. The fourth-order valence-electron chi connectivity index (χ4n) is 1.66. The van der Waals surface area contributed by atoms with Crippen molar-refractivity contribution in [2.75, 3.05) is 31.6 Å². The lowest BCUT2D eigenvalue weighted by Crippen LogP contribution is -2.10. The van der Waals surface area contributed by atoms with Crippen molar-refractivity contribution in [3.63, 3.8) is 0 Å². The van der Waals surface area contributed by atoms with Crippen molar-refractivity contribution in [3.05, 3.63) is 30.1 Å². The Balaban J connectivity index is 2.03. The molecule has 0 amide bonds. The van der Waals surface area contributed by atoms with Crippen LogP contribution in [0.4, 0.5) is 10.4 Å². The smallest absolute Gasteiger partial charge is 0.295 e. The van der Waals surface area contributed by atoms with Crippen LogP contribution in [-0.2, 0) is 0 Å². The van der Waals surface area contributed by atoms with Gasteiger partial charge in [0.25, 0.3) is 6.01 Å². The van der Waals surface area contributed by atoms with E-state index in [0.29, 0.717) is 47.7 Å². The number of rotatable bonds is 8. The highest BCUT2D eigenvalue weighted by Crippen LogP contribution is 2.24. The van der Waals surface area contributed by atoms with Crippen molar-refractivity contribution in [3.8, 4) is 5.75 Å². The van der Waals surface area contributed by atoms with E-state index < -0.39 is 0 Å². The Labute approximate surface area is 121 Å². The molecule has 2 aromatic rings. The number of aromatic nitrogens is 1. The van der Waals surface area contributed by atoms with Crippen molar-refractivity contribution >= 4 is 17.1 Å². The number of hydrogen-bond donors (Lipinski definition) is 3. The Morgan fingerprint density at radius 3 is 3.10 bits per heavy atom. The van der Waals surface area contributed by atoms with Gasteiger partial charge in [-0.3, -0.25) is 0 Å². The minimum absolute atomic E-state index is 0.0915. The molecule has 114 valence electrons. The van der Waals surface area contributed by atoms with E-state index >= 15 is 0 Å². The van der Waals surface area contributed by atoms with Crippen LogP contribution in [0.15, 0.2) is 34.5 Å². The van der Waals surface area contributed by atoms with Gasteiger partial charge >= 0.3 is 0 Å². The fraction of sp³-hybridized carbons (Fsp3) is 0.357. The van der Waals surface area contributed by atoms with E-state index in [0.717, 1.165) is 0 Å². The number of nitrogens with one attached hydrogen (secondary N) is 1. The highest BCUT2D eigenvalue weighted by atomic mass is 19.1. The van der Waals surface area contributed by atoms with Gasteiger partial charge < -0.3 is 25.3 Å². The highest BCUT2D eigenvalue weighted by Gasteiger charge is 2.07. The average Bonchev–Trinajstić information content (AvgIpc) is 2.90. The highest BCUT2D eigenvalue weighted by molar-refractivity contribution is 5.76. The summed E-state index contributed by atoms with van der Waals surface area (Å²) in [5, 5.41) is 11.7. The third kappa shape index (κ3) is 4.17. The summed E-state index contributed by atoms with van der Waals surface area (Å²) >= 11 is 0. The summed E-state index contributed by atoms with van der Waals surface area (Å²) in [6.45, 7) is 0.888. The summed E-state index contributed by atoms with van der Waals surface area (Å²) < 4.78 is 23.3. The SMILES string of the molecule is NC/C(=C/F)COc1ccc2nc(NCCCO)oc2c1. The molecule has 1 heterocycles. The second kappa shape index (κ2) is 7.61. The summed E-state index contributed by atoms with van der Waals surface area (Å²) in [5.74, 6) is 0.549. The topological polar surface area (TPSA) is 93.5 Å². The van der Waals surface area contributed by atoms with E-state index in [-0.39, 0.29) is 19.8 Å². The van der Waals surface area contributed by atoms with Crippen molar-refractivity contribution in [1.29, 1.82) is 0 Å². The van der Waals surface area contributed by atoms with Crippen LogP contribution in [0.3, 0.4) is 0 Å². The quantitative estimate of drug-likeness (QED) is 0.643. The molecule has 0 aliphatic heterocycles. The van der Waals surface area contributed by atoms with E-state index in [4.69, 9.17) is 20.0 Å². The second-order valence-electron chi connectivity index (χ2n) is 4.41. The molecule has 6 nitrogen and oxygen atoms in total. The van der Waals surface area contributed by atoms with Crippen molar-refractivity contribution < 1.29 is 18.7 Å². The molecule has 0 fully saturated rings. The van der Waals surface area contributed by atoms with Crippen LogP contribution in [0.2, 0.25) is 0 Å². The number of fused-ring (bicyclic) bond motifs is 1. The molecular formula is C14H18FN3O3. The monoisotopic (exact) mass is 295 g/mol. The molecule has 2 rings (SSSR count). The fourth-order valence-corrected chi connectivity index (χ4v) is 1.66. The van der Waals surface area contributed by atoms with Gasteiger partial charge in [0, 0.05) is 31.3 Å². The number of aliphatic hydroxyl groups is 1. The van der Waals surface area contributed by atoms with Crippen LogP contribution in [0.1, 0.15) is 6.42 Å². The van der Waals surface area contributed by atoms with Gasteiger partial charge in [0.1, 0.15) is 17.9 Å². The van der Waals surface area contributed by atoms with Crippen LogP contribution in [-0.4, -0.2) is 36.4 Å². The molecule has 1 aromatic carbocycles. The minimum Gasteiger partial charge on any atom is -0.489 e. The summed E-state index contributed by atoms with van der Waals surface area (Å²) in [5.41, 5.74) is 6.99. The van der Waals surface area contributed by atoms with Crippen LogP contribution < -0.4 is 15.8 Å². The molecule has 0 spiro atoms. The first-order valence-electron chi connectivity index (χ1n) is 6.63. The number of oxazole rings is 1. The van der Waals surface area contributed by atoms with Crippen LogP contribution >= 0.6 is 0 Å². The number of hydrogen-bond acceptors (Lipinski definition) is 6. The maximum absolute atomic E-state index is 12.4. The van der Waals surface area contributed by atoms with Gasteiger partial charge in [-0.25, -0.2) is 4.39 Å². The predicted molar refractivity (Wildman–Crippen MR) is 77.9 cm³/mol. The minimum atomic E-state index is 0.0915. The lowest BCUT2D eigenvalue weighted by Gasteiger charge is -2.06. The standard InChI is InChI=1S/C14H18FN3O3/c15-7-10(8-16)9-20-11-2-3-12-13(6-11)21-14(18-12)17-4-1-5-19/h2-3,6-7,19H,1,4-5,8-9,16H2,(H,17,18)/b10-7-. The summed E-state index contributed by atoms with van der Waals surface area (Å²) in [6.07, 6.45) is 1.07. The third-order valence-corrected chi connectivity index (χ3v) is 2.81. The Kier molecular flexibility index (Phi) is 5.53. The first kappa shape index (κ1) is 15.3. The number of halogens is 1. The number of anilines is 1. The van der Waals surface area contributed by atoms with Gasteiger partial charge in [-0.15, -0.1) is 0 Å². The van der Waals surface area contributed by atoms with E-state index in [2.05, 4.69) is 10.3 Å². The lowest BCUT2D eigenvalue weighted by atomic mass is 10.3. The van der Waals surface area contributed by atoms with Crippen molar-refractivity contribution in [1.82, 2.24) is 4.98 Å². The molecular weight excluding hydrogens is 277 g/mol. The Morgan fingerprint density at radius 2 is 2.38 bits per heavy atom. The molecule has 0 radical (unpaired) electrons. The van der Waals surface area contributed by atoms with E-state index in [1.807, 2.05) is 0 Å². The molecule has 21 heavy (non-hydrogen) atoms. The van der Waals surface area contributed by atoms with Gasteiger partial charge in [-0.2, -0.15) is 4.98 Å². The second-order valence-corrected chi connectivity index (χ2v) is 4.41. The molecule has 0 aliphatic carbocycles. The Morgan fingerprint density at radius 1 is 1.52 bits per heavy atom. The van der Waals surface area contributed by atoms with Gasteiger partial charge in [-0.05, 0) is 18.6 Å². The lowest BCUT2D eigenvalue weighted by molar-refractivity contribution is 0.292. The van der Waals surface area contributed by atoms with Crippen molar-refractivity contribution in [2.24, 2.45) is 5.73 Å². The number of nitrogens with zero attached hydrogens (tertiary/aromatic N) is 1. The van der Waals surface area contributed by atoms with Crippen LogP contribution in [0.25, 0.3) is 11.1 Å². The predicted octanol–water partition coefficient (Wildman–Crippen LogP) is 1.81. The molecule has 7 heteroatoms. The zero-order chi connectivity index (χ0) is 15.1. The molecule has 0 saturated heterocycles. The molecule has 0 bridgehead atoms. The third-order valence-electron chi connectivity index (χ3n) is 2.81. The first-order chi connectivity index (χ1) is 10.3. The molecule has 4 N–H and O–H groups in total. The maximum Gasteiger partial charge on any atom is 0.295 e. The zero-order valence-electron chi connectivity index (χ0n) is 11.5. The van der Waals surface area contributed by atoms with E-state index in [1.165, 1.54) is 0 Å². The normalized spacial score (nSPS) is 11.9. The Hall–Kier alpha value is -2.12. The molecule has 0 atom stereocenters.